The molecule has 2 aromatic rings. The molecule has 28 heavy (non-hydrogen) atoms. The number of sulfonamides is 1. The van der Waals surface area contributed by atoms with E-state index < -0.39 is 10.0 Å². The molecule has 8 nitrogen and oxygen atoms in total. The van der Waals surface area contributed by atoms with E-state index in [0.29, 0.717) is 37.2 Å². The molecule has 2 heterocycles. The molecule has 0 atom stereocenters. The van der Waals surface area contributed by atoms with Crippen molar-refractivity contribution in [1.82, 2.24) is 9.29 Å². The van der Waals surface area contributed by atoms with E-state index in [9.17, 15) is 13.2 Å². The third-order valence-corrected chi connectivity index (χ3v) is 6.30. The standard InChI is InChI=1S/C19H20N4O4S/c1-14(24)22-16-4-6-18(7-5-16)28(25,26)23-11-8-17(9-12-23)27-19-15(13-20)3-2-10-21-19/h2-7,10,17H,8-9,11-12H2,1H3,(H,22,24). The van der Waals surface area contributed by atoms with Crippen LogP contribution in [0, 0.1) is 11.3 Å². The van der Waals surface area contributed by atoms with Crippen LogP contribution in [-0.2, 0) is 14.8 Å². The fourth-order valence-corrected chi connectivity index (χ4v) is 4.45. The highest BCUT2D eigenvalue weighted by molar-refractivity contribution is 7.89. The number of anilines is 1. The molecule has 1 aromatic carbocycles. The Morgan fingerprint density at radius 3 is 2.54 bits per heavy atom. The van der Waals surface area contributed by atoms with Crippen LogP contribution >= 0.6 is 0 Å². The molecule has 0 unspecified atom stereocenters. The number of hydrogen-bond donors (Lipinski definition) is 1. The molecule has 0 aliphatic carbocycles. The number of ether oxygens (including phenoxy) is 1. The van der Waals surface area contributed by atoms with Crippen LogP contribution in [0.15, 0.2) is 47.5 Å². The van der Waals surface area contributed by atoms with E-state index in [1.807, 2.05) is 6.07 Å². The molecule has 0 bridgehead atoms. The van der Waals surface area contributed by atoms with Crippen LogP contribution in [0.5, 0.6) is 5.88 Å². The van der Waals surface area contributed by atoms with E-state index >= 15 is 0 Å². The zero-order valence-corrected chi connectivity index (χ0v) is 16.1. The normalized spacial score (nSPS) is 15.6. The molecule has 0 radical (unpaired) electrons. The molecule has 0 saturated carbocycles. The zero-order chi connectivity index (χ0) is 20.1. The summed E-state index contributed by atoms with van der Waals surface area (Å²) in [6.07, 6.45) is 2.37. The molecule has 9 heteroatoms. The molecular weight excluding hydrogens is 380 g/mol. The molecule has 1 amide bonds. The second kappa shape index (κ2) is 8.37. The summed E-state index contributed by atoms with van der Waals surface area (Å²) in [6.45, 7) is 2.02. The monoisotopic (exact) mass is 400 g/mol. The summed E-state index contributed by atoms with van der Waals surface area (Å²) in [5.74, 6) is 0.0602. The number of carbonyl (C=O) groups excluding carboxylic acids is 1. The lowest BCUT2D eigenvalue weighted by Gasteiger charge is -2.31. The second-order valence-corrected chi connectivity index (χ2v) is 8.33. The summed E-state index contributed by atoms with van der Waals surface area (Å²) in [4.78, 5) is 15.3. The Labute approximate surface area is 163 Å². The largest absolute Gasteiger partial charge is 0.473 e. The van der Waals surface area contributed by atoms with Crippen LogP contribution in [0.3, 0.4) is 0 Å². The van der Waals surface area contributed by atoms with Crippen LogP contribution in [0.4, 0.5) is 5.69 Å². The van der Waals surface area contributed by atoms with Gasteiger partial charge in [0.05, 0.1) is 4.90 Å². The van der Waals surface area contributed by atoms with E-state index in [0.717, 1.165) is 0 Å². The van der Waals surface area contributed by atoms with Crippen molar-refractivity contribution in [2.45, 2.75) is 30.8 Å². The summed E-state index contributed by atoms with van der Waals surface area (Å²) in [7, 11) is -3.62. The fourth-order valence-electron chi connectivity index (χ4n) is 2.98. The number of carbonyl (C=O) groups is 1. The van der Waals surface area contributed by atoms with E-state index in [2.05, 4.69) is 10.3 Å². The van der Waals surface area contributed by atoms with Crippen molar-refractivity contribution in [3.63, 3.8) is 0 Å². The zero-order valence-electron chi connectivity index (χ0n) is 15.3. The first kappa shape index (κ1) is 19.8. The maximum Gasteiger partial charge on any atom is 0.243 e. The number of piperidine rings is 1. The first-order chi connectivity index (χ1) is 13.4. The van der Waals surface area contributed by atoms with Crippen LogP contribution in [-0.4, -0.2) is 42.8 Å². The second-order valence-electron chi connectivity index (χ2n) is 6.39. The van der Waals surface area contributed by atoms with Gasteiger partial charge in [0, 0.05) is 31.9 Å². The third kappa shape index (κ3) is 4.47. The molecule has 1 aliphatic heterocycles. The molecule has 1 fully saturated rings. The van der Waals surface area contributed by atoms with Gasteiger partial charge in [0.25, 0.3) is 0 Å². The molecule has 1 aliphatic rings. The number of benzene rings is 1. The highest BCUT2D eigenvalue weighted by Crippen LogP contribution is 2.25. The number of nitriles is 1. The van der Waals surface area contributed by atoms with Crippen molar-refractivity contribution in [1.29, 1.82) is 5.26 Å². The van der Waals surface area contributed by atoms with E-state index in [-0.39, 0.29) is 22.8 Å². The topological polar surface area (TPSA) is 112 Å². The number of amides is 1. The van der Waals surface area contributed by atoms with Gasteiger partial charge in [0.2, 0.25) is 21.8 Å². The SMILES string of the molecule is CC(=O)Nc1ccc(S(=O)(=O)N2CCC(Oc3ncccc3C#N)CC2)cc1. The summed E-state index contributed by atoms with van der Waals surface area (Å²) in [6, 6.07) is 11.4. The van der Waals surface area contributed by atoms with Crippen molar-refractivity contribution in [2.75, 3.05) is 18.4 Å². The van der Waals surface area contributed by atoms with Crippen molar-refractivity contribution in [3.05, 3.63) is 48.2 Å². The highest BCUT2D eigenvalue weighted by Gasteiger charge is 2.30. The van der Waals surface area contributed by atoms with Gasteiger partial charge in [0.1, 0.15) is 17.7 Å². The van der Waals surface area contributed by atoms with Gasteiger partial charge in [0.15, 0.2) is 0 Å². The molecule has 1 aromatic heterocycles. The van der Waals surface area contributed by atoms with E-state index in [1.54, 1.807) is 30.5 Å². The Hall–Kier alpha value is -2.96. The van der Waals surface area contributed by atoms with E-state index in [4.69, 9.17) is 10.00 Å². The first-order valence-electron chi connectivity index (χ1n) is 8.80. The molecular formula is C19H20N4O4S. The maximum absolute atomic E-state index is 12.8. The number of nitrogens with one attached hydrogen (secondary N) is 1. The Kier molecular flexibility index (Phi) is 5.92. The van der Waals surface area contributed by atoms with Gasteiger partial charge in [-0.05, 0) is 49.2 Å². The minimum Gasteiger partial charge on any atom is -0.473 e. The molecule has 0 spiro atoms. The summed E-state index contributed by atoms with van der Waals surface area (Å²) in [5, 5.41) is 11.7. The lowest BCUT2D eigenvalue weighted by atomic mass is 10.1. The third-order valence-electron chi connectivity index (χ3n) is 4.38. The number of pyridine rings is 1. The van der Waals surface area contributed by atoms with Gasteiger partial charge >= 0.3 is 0 Å². The van der Waals surface area contributed by atoms with Crippen molar-refractivity contribution < 1.29 is 17.9 Å². The first-order valence-corrected chi connectivity index (χ1v) is 10.2. The summed E-state index contributed by atoms with van der Waals surface area (Å²) in [5.41, 5.74) is 0.902. The predicted octanol–water partition coefficient (Wildman–Crippen LogP) is 2.14. The number of aromatic nitrogens is 1. The van der Waals surface area contributed by atoms with Gasteiger partial charge in [-0.2, -0.15) is 9.57 Å². The fraction of sp³-hybridized carbons (Fsp3) is 0.316. The lowest BCUT2D eigenvalue weighted by Crippen LogP contribution is -2.41. The van der Waals surface area contributed by atoms with Crippen LogP contribution in [0.2, 0.25) is 0 Å². The number of hydrogen-bond acceptors (Lipinski definition) is 6. The van der Waals surface area contributed by atoms with Crippen LogP contribution < -0.4 is 10.1 Å². The smallest absolute Gasteiger partial charge is 0.243 e. The minimum absolute atomic E-state index is 0.178. The Morgan fingerprint density at radius 1 is 1.25 bits per heavy atom. The Bertz CT molecular complexity index is 991. The van der Waals surface area contributed by atoms with Crippen molar-refractivity contribution >= 4 is 21.6 Å². The Balaban J connectivity index is 1.63. The number of rotatable bonds is 5. The minimum atomic E-state index is -3.62. The van der Waals surface area contributed by atoms with Crippen LogP contribution in [0.25, 0.3) is 0 Å². The average Bonchev–Trinajstić information content (AvgIpc) is 2.69. The molecule has 3 rings (SSSR count). The molecule has 1 N–H and O–H groups in total. The van der Waals surface area contributed by atoms with Gasteiger partial charge in [-0.15, -0.1) is 0 Å². The van der Waals surface area contributed by atoms with Gasteiger partial charge < -0.3 is 10.1 Å². The van der Waals surface area contributed by atoms with Gasteiger partial charge in [-0.3, -0.25) is 4.79 Å². The summed E-state index contributed by atoms with van der Waals surface area (Å²) < 4.78 is 32.9. The quantitative estimate of drug-likeness (QED) is 0.823. The van der Waals surface area contributed by atoms with Gasteiger partial charge in [-0.25, -0.2) is 13.4 Å². The highest BCUT2D eigenvalue weighted by atomic mass is 32.2. The van der Waals surface area contributed by atoms with E-state index in [1.165, 1.54) is 23.4 Å². The molecule has 146 valence electrons. The van der Waals surface area contributed by atoms with Crippen molar-refractivity contribution in [2.24, 2.45) is 0 Å². The molecule has 1 saturated heterocycles. The van der Waals surface area contributed by atoms with Crippen molar-refractivity contribution in [3.8, 4) is 11.9 Å². The Morgan fingerprint density at radius 2 is 1.93 bits per heavy atom. The number of nitrogens with zero attached hydrogens (tertiary/aromatic N) is 3. The summed E-state index contributed by atoms with van der Waals surface area (Å²) >= 11 is 0. The maximum atomic E-state index is 12.8. The van der Waals surface area contributed by atoms with Gasteiger partial charge in [-0.1, -0.05) is 0 Å². The van der Waals surface area contributed by atoms with Crippen LogP contribution in [0.1, 0.15) is 25.3 Å². The lowest BCUT2D eigenvalue weighted by molar-refractivity contribution is -0.114. The predicted molar refractivity (Wildman–Crippen MR) is 102 cm³/mol. The average molecular weight is 400 g/mol.